The molecular weight excluding hydrogens is 928 g/mol. The number of allylic oxidation sites excluding steroid dienone is 9. The van der Waals surface area contributed by atoms with Gasteiger partial charge in [0.2, 0.25) is 5.91 Å². The van der Waals surface area contributed by atoms with Crippen molar-refractivity contribution in [2.45, 2.75) is 290 Å². The predicted molar refractivity (Wildman–Crippen MR) is 312 cm³/mol. The van der Waals surface area contributed by atoms with Gasteiger partial charge in [-0.25, -0.2) is 0 Å². The Labute approximate surface area is 451 Å². The zero-order valence-electron chi connectivity index (χ0n) is 48.6. The Kier molecular flexibility index (Phi) is 51.5. The van der Waals surface area contributed by atoms with E-state index in [0.717, 1.165) is 96.3 Å². The largest absolute Gasteiger partial charge is 0.756 e. The Morgan fingerprint density at radius 1 is 0.493 bits per heavy atom. The number of quaternary nitrogens is 1. The van der Waals surface area contributed by atoms with Crippen LogP contribution in [0, 0.1) is 0 Å². The predicted octanol–water partition coefficient (Wildman–Crippen LogP) is 18.0. The average molecular weight is 1050 g/mol. The normalized spacial score (nSPS) is 14.1. The number of carbonyl (C=O) groups is 2. The highest BCUT2D eigenvalue weighted by Gasteiger charge is 2.27. The van der Waals surface area contributed by atoms with E-state index < -0.39 is 26.6 Å². The van der Waals surface area contributed by atoms with Crippen LogP contribution in [0.2, 0.25) is 0 Å². The number of hydrogen-bond acceptors (Lipinski definition) is 7. The van der Waals surface area contributed by atoms with E-state index in [1.54, 1.807) is 0 Å². The van der Waals surface area contributed by atoms with Crippen LogP contribution in [-0.4, -0.2) is 69.4 Å². The number of unbranched alkanes of at least 4 members (excludes halogenated alkanes) is 32. The first-order valence-electron chi connectivity index (χ1n) is 30.6. The molecule has 9 nitrogen and oxygen atoms in total. The molecule has 0 radical (unpaired) electrons. The summed E-state index contributed by atoms with van der Waals surface area (Å²) in [5.74, 6) is -0.553. The highest BCUT2D eigenvalue weighted by molar-refractivity contribution is 7.45. The molecular formula is C63H117N2O7P. The van der Waals surface area contributed by atoms with Crippen molar-refractivity contribution in [3.63, 3.8) is 0 Å². The van der Waals surface area contributed by atoms with Gasteiger partial charge < -0.3 is 28.5 Å². The summed E-state index contributed by atoms with van der Waals surface area (Å²) in [6.45, 7) is 6.78. The topological polar surface area (TPSA) is 114 Å². The van der Waals surface area contributed by atoms with Crippen LogP contribution in [0.25, 0.3) is 0 Å². The monoisotopic (exact) mass is 1040 g/mol. The van der Waals surface area contributed by atoms with Crippen molar-refractivity contribution >= 4 is 19.7 Å². The first-order chi connectivity index (χ1) is 35.4. The lowest BCUT2D eigenvalue weighted by atomic mass is 10.0. The van der Waals surface area contributed by atoms with Gasteiger partial charge in [0.25, 0.3) is 7.82 Å². The number of phosphoric ester groups is 1. The van der Waals surface area contributed by atoms with E-state index in [0.29, 0.717) is 17.4 Å². The second-order valence-electron chi connectivity index (χ2n) is 21.9. The van der Waals surface area contributed by atoms with E-state index in [1.807, 2.05) is 33.3 Å². The van der Waals surface area contributed by atoms with E-state index in [2.05, 4.69) is 74.7 Å². The van der Waals surface area contributed by atoms with Crippen molar-refractivity contribution in [1.29, 1.82) is 0 Å². The van der Waals surface area contributed by atoms with Crippen molar-refractivity contribution in [2.24, 2.45) is 0 Å². The van der Waals surface area contributed by atoms with Crippen LogP contribution in [0.5, 0.6) is 0 Å². The molecule has 0 aromatic heterocycles. The number of esters is 1. The maximum absolute atomic E-state index is 13.5. The molecule has 426 valence electrons. The summed E-state index contributed by atoms with van der Waals surface area (Å²) in [5, 5.41) is 3.02. The molecule has 0 aliphatic heterocycles. The van der Waals surface area contributed by atoms with Gasteiger partial charge in [-0.05, 0) is 89.5 Å². The fourth-order valence-electron chi connectivity index (χ4n) is 8.66. The summed E-state index contributed by atoms with van der Waals surface area (Å²) in [4.78, 5) is 39.9. The van der Waals surface area contributed by atoms with Gasteiger partial charge in [-0.15, -0.1) is 0 Å². The van der Waals surface area contributed by atoms with Crippen molar-refractivity contribution in [2.75, 3.05) is 40.9 Å². The number of nitrogens with zero attached hydrogens (tertiary/aromatic N) is 1. The summed E-state index contributed by atoms with van der Waals surface area (Å²) in [6.07, 6.45) is 66.1. The van der Waals surface area contributed by atoms with E-state index in [-0.39, 0.29) is 24.9 Å². The quantitative estimate of drug-likeness (QED) is 0.0161. The molecule has 0 aromatic rings. The summed E-state index contributed by atoms with van der Waals surface area (Å²) in [5.41, 5.74) is 0. The lowest BCUT2D eigenvalue weighted by molar-refractivity contribution is -0.870. The molecule has 1 N–H and O–H groups in total. The minimum atomic E-state index is -4.70. The lowest BCUT2D eigenvalue weighted by Gasteiger charge is -2.30. The lowest BCUT2D eigenvalue weighted by Crippen LogP contribution is -2.47. The molecule has 3 atom stereocenters. The highest BCUT2D eigenvalue weighted by Crippen LogP contribution is 2.38. The molecule has 0 saturated heterocycles. The number of amides is 1. The third-order valence-electron chi connectivity index (χ3n) is 13.4. The summed E-state index contributed by atoms with van der Waals surface area (Å²) in [6, 6.07) is -0.895. The zero-order chi connectivity index (χ0) is 53.6. The second-order valence-corrected chi connectivity index (χ2v) is 23.3. The molecule has 0 bridgehead atoms. The Morgan fingerprint density at radius 3 is 1.34 bits per heavy atom. The molecule has 0 aliphatic carbocycles. The number of rotatable bonds is 55. The molecule has 1 amide bonds. The molecule has 0 saturated carbocycles. The Morgan fingerprint density at radius 2 is 0.877 bits per heavy atom. The van der Waals surface area contributed by atoms with Crippen LogP contribution in [0.1, 0.15) is 278 Å². The number of likely N-dealkylation sites (N-methyl/N-ethyl adjacent to an activating group) is 1. The van der Waals surface area contributed by atoms with Crippen LogP contribution in [0.3, 0.4) is 0 Å². The van der Waals surface area contributed by atoms with Crippen LogP contribution in [0.4, 0.5) is 0 Å². The van der Waals surface area contributed by atoms with Crippen molar-refractivity contribution in [1.82, 2.24) is 5.32 Å². The van der Waals surface area contributed by atoms with Crippen molar-refractivity contribution < 1.29 is 37.3 Å². The smallest absolute Gasteiger partial charge is 0.306 e. The van der Waals surface area contributed by atoms with Crippen molar-refractivity contribution in [3.8, 4) is 0 Å². The van der Waals surface area contributed by atoms with Gasteiger partial charge in [-0.2, -0.15) is 0 Å². The summed E-state index contributed by atoms with van der Waals surface area (Å²) >= 11 is 0. The molecule has 0 aromatic carbocycles. The third-order valence-corrected chi connectivity index (χ3v) is 14.4. The first-order valence-corrected chi connectivity index (χ1v) is 32.1. The highest BCUT2D eigenvalue weighted by atomic mass is 31.2. The second kappa shape index (κ2) is 53.1. The maximum Gasteiger partial charge on any atom is 0.306 e. The van der Waals surface area contributed by atoms with Gasteiger partial charge in [0.15, 0.2) is 0 Å². The van der Waals surface area contributed by atoms with Gasteiger partial charge >= 0.3 is 5.97 Å². The molecule has 73 heavy (non-hydrogen) atoms. The number of carbonyl (C=O) groups excluding carboxylic acids is 2. The molecule has 0 aliphatic rings. The molecule has 3 unspecified atom stereocenters. The van der Waals surface area contributed by atoms with Crippen LogP contribution in [0.15, 0.2) is 60.8 Å². The Hall–Kier alpha value is -2.29. The first kappa shape index (κ1) is 70.7. The van der Waals surface area contributed by atoms with Gasteiger partial charge in [0.05, 0.1) is 33.8 Å². The van der Waals surface area contributed by atoms with E-state index in [1.165, 1.54) is 148 Å². The third kappa shape index (κ3) is 54.3. The minimum absolute atomic E-state index is 0.0260. The number of hydrogen-bond donors (Lipinski definition) is 1. The van der Waals surface area contributed by atoms with E-state index >= 15 is 0 Å². The average Bonchev–Trinajstić information content (AvgIpc) is 3.35. The Bertz CT molecular complexity index is 1440. The van der Waals surface area contributed by atoms with Gasteiger partial charge in [-0.1, -0.05) is 236 Å². The van der Waals surface area contributed by atoms with E-state index in [4.69, 9.17) is 13.8 Å². The fraction of sp³-hybridized carbons (Fsp3) is 0.810. The minimum Gasteiger partial charge on any atom is -0.756 e. The number of ether oxygens (including phenoxy) is 1. The summed E-state index contributed by atoms with van der Waals surface area (Å²) < 4.78 is 30.3. The maximum atomic E-state index is 13.5. The van der Waals surface area contributed by atoms with Gasteiger partial charge in [0.1, 0.15) is 19.3 Å². The standard InChI is InChI=1S/C63H117N2O7P/c1-7-10-13-16-19-22-25-27-29-30-31-32-33-34-36-38-41-44-47-50-53-56-63(67)72-61(54-51-48-45-42-39-24-21-18-15-12-9-3)60(59-71-73(68,69)70-58-57-65(4,5)6)64-62(66)55-52-49-46-43-40-37-35-28-26-23-20-17-14-11-8-2/h19-20,22-23,26-29,51,54,60-61H,7-18,21,24-25,30-50,52-53,55-59H2,1-6H3,(H-,64,66,68,69)/b22-19-,23-20+,28-26+,29-27-,54-51-. The van der Waals surface area contributed by atoms with Crippen LogP contribution in [-0.2, 0) is 27.9 Å². The molecule has 0 spiro atoms. The van der Waals surface area contributed by atoms with Crippen LogP contribution >= 0.6 is 7.82 Å². The number of nitrogens with one attached hydrogen (secondary N) is 1. The van der Waals surface area contributed by atoms with Gasteiger partial charge in [-0.3, -0.25) is 14.2 Å². The van der Waals surface area contributed by atoms with E-state index in [9.17, 15) is 19.0 Å². The molecule has 0 fully saturated rings. The van der Waals surface area contributed by atoms with Gasteiger partial charge in [0, 0.05) is 12.8 Å². The zero-order valence-corrected chi connectivity index (χ0v) is 49.5. The molecule has 0 heterocycles. The Balaban J connectivity index is 5.21. The number of phosphoric acid groups is 1. The van der Waals surface area contributed by atoms with Crippen molar-refractivity contribution in [3.05, 3.63) is 60.8 Å². The SMILES string of the molecule is CCCCC/C=C\C/C=C\CCCCCCCCCCCCCC(=O)OC(/C=C\CCCCCCCCCCC)C(COP(=O)([O-])OCC[N+](C)(C)C)NC(=O)CCCCCCCC/C=C/C=C/CCCCC. The molecule has 0 rings (SSSR count). The summed E-state index contributed by atoms with van der Waals surface area (Å²) in [7, 11) is 1.17. The molecule has 10 heteroatoms. The fourth-order valence-corrected chi connectivity index (χ4v) is 9.38. The van der Waals surface area contributed by atoms with Crippen LogP contribution < -0.4 is 10.2 Å².